The highest BCUT2D eigenvalue weighted by atomic mass is 35.5. The fourth-order valence-corrected chi connectivity index (χ4v) is 6.32. The molecule has 0 aliphatic carbocycles. The van der Waals surface area contributed by atoms with Gasteiger partial charge in [-0.1, -0.05) is 41.9 Å². The summed E-state index contributed by atoms with van der Waals surface area (Å²) in [6.07, 6.45) is 8.46. The summed E-state index contributed by atoms with van der Waals surface area (Å²) >= 11 is 6.11. The molecule has 2 fully saturated rings. The van der Waals surface area contributed by atoms with Crippen molar-refractivity contribution in [2.45, 2.75) is 38.1 Å². The van der Waals surface area contributed by atoms with Crippen LogP contribution < -0.4 is 10.5 Å². The van der Waals surface area contributed by atoms with E-state index in [1.165, 1.54) is 0 Å². The first-order valence-electron chi connectivity index (χ1n) is 14.9. The summed E-state index contributed by atoms with van der Waals surface area (Å²) < 4.78 is 1.80. The number of aromatic nitrogens is 4. The van der Waals surface area contributed by atoms with Crippen LogP contribution in [0.2, 0.25) is 5.02 Å². The van der Waals surface area contributed by atoms with Crippen molar-refractivity contribution in [3.05, 3.63) is 93.6 Å². The number of rotatable bonds is 8. The standard InChI is InChI=1S/C32H38ClN7O/c33-26-11-9-25(10-12-26)24-30-28-7-1-2-8-29(28)31(41)40(36-30)27-6-3-16-37(19-13-27)17-5-18-38-20-22-39(23-21-38)32-34-14-4-15-35-32/h1-2,4,7-12,14-15,27H,3,5-6,13,16-24H2. The van der Waals surface area contributed by atoms with Crippen LogP contribution in [0.3, 0.4) is 0 Å². The van der Waals surface area contributed by atoms with Crippen LogP contribution in [0, 0.1) is 0 Å². The number of hydrogen-bond acceptors (Lipinski definition) is 7. The fraction of sp³-hybridized carbons (Fsp3) is 0.438. The van der Waals surface area contributed by atoms with Gasteiger partial charge in [0.05, 0.1) is 17.1 Å². The zero-order valence-corrected chi connectivity index (χ0v) is 24.3. The highest BCUT2D eigenvalue weighted by Crippen LogP contribution is 2.24. The lowest BCUT2D eigenvalue weighted by Gasteiger charge is -2.35. The SMILES string of the molecule is O=c1c2ccccc2c(Cc2ccc(Cl)cc2)nn1C1CCCN(CCCN2CCN(c3ncccn3)CC2)CC1. The minimum atomic E-state index is 0.0268. The molecule has 2 aliphatic heterocycles. The third-order valence-corrected chi connectivity index (χ3v) is 8.73. The Labute approximate surface area is 246 Å². The molecule has 0 amide bonds. The topological polar surface area (TPSA) is 70.4 Å². The first-order valence-corrected chi connectivity index (χ1v) is 15.2. The van der Waals surface area contributed by atoms with Gasteiger partial charge in [-0.3, -0.25) is 9.69 Å². The monoisotopic (exact) mass is 571 g/mol. The Balaban J connectivity index is 1.06. The average Bonchev–Trinajstić information content (AvgIpc) is 3.26. The minimum Gasteiger partial charge on any atom is -0.338 e. The normalized spacial score (nSPS) is 19.0. The molecule has 2 aliphatic rings. The van der Waals surface area contributed by atoms with Crippen LogP contribution in [0.15, 0.2) is 71.8 Å². The Kier molecular flexibility index (Phi) is 8.89. The van der Waals surface area contributed by atoms with E-state index in [2.05, 4.69) is 24.7 Å². The van der Waals surface area contributed by atoms with Gasteiger partial charge in [-0.25, -0.2) is 14.6 Å². The molecule has 0 spiro atoms. The second-order valence-electron chi connectivity index (χ2n) is 11.2. The van der Waals surface area contributed by atoms with Crippen molar-refractivity contribution in [3.8, 4) is 0 Å². The Morgan fingerprint density at radius 2 is 1.49 bits per heavy atom. The summed E-state index contributed by atoms with van der Waals surface area (Å²) in [6.45, 7) is 8.34. The maximum absolute atomic E-state index is 13.6. The van der Waals surface area contributed by atoms with E-state index in [-0.39, 0.29) is 11.6 Å². The summed E-state index contributed by atoms with van der Waals surface area (Å²) in [6, 6.07) is 17.8. The predicted octanol–water partition coefficient (Wildman–Crippen LogP) is 4.67. The summed E-state index contributed by atoms with van der Waals surface area (Å²) in [4.78, 5) is 29.8. The molecule has 6 rings (SSSR count). The summed E-state index contributed by atoms with van der Waals surface area (Å²) in [5.41, 5.74) is 2.11. The summed E-state index contributed by atoms with van der Waals surface area (Å²) in [7, 11) is 0. The smallest absolute Gasteiger partial charge is 0.274 e. The van der Waals surface area contributed by atoms with Crippen LogP contribution in [0.4, 0.5) is 5.95 Å². The van der Waals surface area contributed by atoms with E-state index in [0.29, 0.717) is 6.42 Å². The second-order valence-corrected chi connectivity index (χ2v) is 11.6. The molecule has 9 heteroatoms. The van der Waals surface area contributed by atoms with Gasteiger partial charge in [0.15, 0.2) is 0 Å². The van der Waals surface area contributed by atoms with Gasteiger partial charge in [0.2, 0.25) is 5.95 Å². The lowest BCUT2D eigenvalue weighted by atomic mass is 10.0. The molecule has 41 heavy (non-hydrogen) atoms. The van der Waals surface area contributed by atoms with Crippen molar-refractivity contribution in [1.29, 1.82) is 0 Å². The molecule has 0 N–H and O–H groups in total. The number of halogens is 1. The number of likely N-dealkylation sites (tertiary alicyclic amines) is 1. The average molecular weight is 572 g/mol. The lowest BCUT2D eigenvalue weighted by Crippen LogP contribution is -2.47. The van der Waals surface area contributed by atoms with E-state index in [4.69, 9.17) is 16.7 Å². The van der Waals surface area contributed by atoms with Gasteiger partial charge in [0, 0.05) is 61.9 Å². The second kappa shape index (κ2) is 13.1. The number of hydrogen-bond donors (Lipinski definition) is 0. The van der Waals surface area contributed by atoms with E-state index in [9.17, 15) is 4.79 Å². The molecule has 2 saturated heterocycles. The van der Waals surface area contributed by atoms with Gasteiger partial charge >= 0.3 is 0 Å². The highest BCUT2D eigenvalue weighted by Gasteiger charge is 2.23. The van der Waals surface area contributed by atoms with E-state index in [1.807, 2.05) is 67.0 Å². The van der Waals surface area contributed by atoms with Gasteiger partial charge in [-0.05, 0) is 75.1 Å². The molecule has 2 aromatic carbocycles. The zero-order valence-electron chi connectivity index (χ0n) is 23.5. The van der Waals surface area contributed by atoms with Crippen molar-refractivity contribution < 1.29 is 0 Å². The molecule has 2 aromatic heterocycles. The number of benzene rings is 2. The van der Waals surface area contributed by atoms with Crippen molar-refractivity contribution in [3.63, 3.8) is 0 Å². The van der Waals surface area contributed by atoms with Crippen molar-refractivity contribution in [2.24, 2.45) is 0 Å². The van der Waals surface area contributed by atoms with Crippen LogP contribution in [0.25, 0.3) is 10.8 Å². The first kappa shape index (κ1) is 27.8. The molecule has 4 heterocycles. The number of anilines is 1. The first-order chi connectivity index (χ1) is 20.1. The Bertz CT molecular complexity index is 1490. The van der Waals surface area contributed by atoms with Crippen molar-refractivity contribution in [2.75, 3.05) is 57.3 Å². The molecule has 214 valence electrons. The van der Waals surface area contributed by atoms with Crippen LogP contribution in [0.5, 0.6) is 0 Å². The number of fused-ring (bicyclic) bond motifs is 1. The molecular formula is C32H38ClN7O. The predicted molar refractivity (Wildman–Crippen MR) is 165 cm³/mol. The largest absolute Gasteiger partial charge is 0.338 e. The molecule has 0 bridgehead atoms. The Morgan fingerprint density at radius 3 is 2.24 bits per heavy atom. The molecule has 1 unspecified atom stereocenters. The number of nitrogens with zero attached hydrogens (tertiary/aromatic N) is 7. The highest BCUT2D eigenvalue weighted by molar-refractivity contribution is 6.30. The van der Waals surface area contributed by atoms with Crippen LogP contribution >= 0.6 is 11.6 Å². The summed E-state index contributed by atoms with van der Waals surface area (Å²) in [5.74, 6) is 0.836. The summed E-state index contributed by atoms with van der Waals surface area (Å²) in [5, 5.41) is 7.41. The van der Waals surface area contributed by atoms with E-state index in [0.717, 1.165) is 111 Å². The number of piperazine rings is 1. The van der Waals surface area contributed by atoms with E-state index in [1.54, 1.807) is 4.68 Å². The van der Waals surface area contributed by atoms with Crippen LogP contribution in [-0.4, -0.2) is 81.9 Å². The fourth-order valence-electron chi connectivity index (χ4n) is 6.20. The van der Waals surface area contributed by atoms with Crippen molar-refractivity contribution >= 4 is 28.3 Å². The zero-order chi connectivity index (χ0) is 28.0. The van der Waals surface area contributed by atoms with Gasteiger partial charge < -0.3 is 9.80 Å². The Hall–Kier alpha value is -3.33. The maximum Gasteiger partial charge on any atom is 0.274 e. The molecular weight excluding hydrogens is 534 g/mol. The van der Waals surface area contributed by atoms with Crippen LogP contribution in [0.1, 0.15) is 43.0 Å². The molecule has 1 atom stereocenters. The van der Waals surface area contributed by atoms with Crippen molar-refractivity contribution in [1.82, 2.24) is 29.5 Å². The van der Waals surface area contributed by atoms with Gasteiger partial charge in [-0.2, -0.15) is 5.10 Å². The maximum atomic E-state index is 13.6. The van der Waals surface area contributed by atoms with Gasteiger partial charge in [0.25, 0.3) is 5.56 Å². The quantitative estimate of drug-likeness (QED) is 0.304. The van der Waals surface area contributed by atoms with Crippen LogP contribution in [-0.2, 0) is 6.42 Å². The minimum absolute atomic E-state index is 0.0268. The third-order valence-electron chi connectivity index (χ3n) is 8.48. The molecule has 4 aromatic rings. The van der Waals surface area contributed by atoms with E-state index >= 15 is 0 Å². The van der Waals surface area contributed by atoms with Gasteiger partial charge in [0.1, 0.15) is 0 Å². The Morgan fingerprint density at radius 1 is 0.780 bits per heavy atom. The molecule has 0 saturated carbocycles. The molecule has 0 radical (unpaired) electrons. The molecule has 8 nitrogen and oxygen atoms in total. The van der Waals surface area contributed by atoms with Gasteiger partial charge in [-0.15, -0.1) is 0 Å². The van der Waals surface area contributed by atoms with E-state index < -0.39 is 0 Å². The lowest BCUT2D eigenvalue weighted by molar-refractivity contribution is 0.220. The third kappa shape index (κ3) is 6.77.